The predicted octanol–water partition coefficient (Wildman–Crippen LogP) is 4.22. The van der Waals surface area contributed by atoms with Crippen molar-refractivity contribution in [2.75, 3.05) is 23.3 Å². The molecule has 0 aliphatic carbocycles. The van der Waals surface area contributed by atoms with Crippen LogP contribution >= 0.6 is 11.3 Å². The van der Waals surface area contributed by atoms with Crippen LogP contribution in [0.15, 0.2) is 42.5 Å². The number of benzene rings is 2. The number of thiazole rings is 1. The highest BCUT2D eigenvalue weighted by atomic mass is 32.1. The van der Waals surface area contributed by atoms with Gasteiger partial charge in [0, 0.05) is 24.8 Å². The van der Waals surface area contributed by atoms with Crippen molar-refractivity contribution >= 4 is 32.4 Å². The van der Waals surface area contributed by atoms with Crippen LogP contribution in [0.25, 0.3) is 10.2 Å². The Labute approximate surface area is 143 Å². The Morgan fingerprint density at radius 3 is 2.62 bits per heavy atom. The van der Waals surface area contributed by atoms with E-state index in [4.69, 9.17) is 0 Å². The maximum atomic E-state index is 13.0. The van der Waals surface area contributed by atoms with E-state index in [-0.39, 0.29) is 11.6 Å². The SMILES string of the molecule is Oc1ccc2nc(N3CCC(Nc4ccc(F)cc4)CC3)sc2c1. The van der Waals surface area contributed by atoms with E-state index in [9.17, 15) is 9.50 Å². The first kappa shape index (κ1) is 15.2. The Bertz CT molecular complexity index is 841. The molecule has 0 saturated carbocycles. The number of aromatic hydroxyl groups is 1. The molecular formula is C18H18FN3OS. The van der Waals surface area contributed by atoms with Gasteiger partial charge in [-0.2, -0.15) is 0 Å². The van der Waals surface area contributed by atoms with E-state index in [0.29, 0.717) is 6.04 Å². The second kappa shape index (κ2) is 6.28. The fraction of sp³-hybridized carbons (Fsp3) is 0.278. The largest absolute Gasteiger partial charge is 0.508 e. The Hall–Kier alpha value is -2.34. The van der Waals surface area contributed by atoms with E-state index in [1.165, 1.54) is 12.1 Å². The number of rotatable bonds is 3. The number of piperidine rings is 1. The Kier molecular flexibility index (Phi) is 3.98. The van der Waals surface area contributed by atoms with Crippen LogP contribution in [0.2, 0.25) is 0 Å². The molecule has 3 aromatic rings. The summed E-state index contributed by atoms with van der Waals surface area (Å²) in [6.45, 7) is 1.87. The molecule has 0 bridgehead atoms. The molecule has 1 saturated heterocycles. The summed E-state index contributed by atoms with van der Waals surface area (Å²) in [6.07, 6.45) is 2.02. The van der Waals surface area contributed by atoms with Gasteiger partial charge < -0.3 is 15.3 Å². The van der Waals surface area contributed by atoms with Crippen LogP contribution in [-0.4, -0.2) is 29.2 Å². The first-order valence-electron chi connectivity index (χ1n) is 8.04. The zero-order chi connectivity index (χ0) is 16.5. The molecule has 6 heteroatoms. The van der Waals surface area contributed by atoms with E-state index in [1.54, 1.807) is 35.6 Å². The Balaban J connectivity index is 1.40. The molecule has 0 radical (unpaired) electrons. The molecule has 0 spiro atoms. The number of aromatic nitrogens is 1. The van der Waals surface area contributed by atoms with Gasteiger partial charge in [0.15, 0.2) is 5.13 Å². The van der Waals surface area contributed by atoms with Crippen molar-refractivity contribution in [2.45, 2.75) is 18.9 Å². The van der Waals surface area contributed by atoms with Crippen LogP contribution in [-0.2, 0) is 0 Å². The fourth-order valence-corrected chi connectivity index (χ4v) is 4.08. The van der Waals surface area contributed by atoms with E-state index < -0.39 is 0 Å². The predicted molar refractivity (Wildman–Crippen MR) is 96.5 cm³/mol. The third-order valence-corrected chi connectivity index (χ3v) is 5.42. The number of nitrogens with one attached hydrogen (secondary N) is 1. The zero-order valence-corrected chi connectivity index (χ0v) is 13.9. The molecule has 1 fully saturated rings. The number of halogens is 1. The minimum atomic E-state index is -0.211. The van der Waals surface area contributed by atoms with E-state index in [2.05, 4.69) is 15.2 Å². The average Bonchev–Trinajstić information content (AvgIpc) is 3.01. The fourth-order valence-electron chi connectivity index (χ4n) is 3.03. The summed E-state index contributed by atoms with van der Waals surface area (Å²) < 4.78 is 14.0. The molecule has 1 aliphatic rings. The number of hydrogen-bond donors (Lipinski definition) is 2. The van der Waals surface area contributed by atoms with E-state index in [1.807, 2.05) is 6.07 Å². The number of phenolic OH excluding ortho intramolecular Hbond substituents is 1. The summed E-state index contributed by atoms with van der Waals surface area (Å²) in [4.78, 5) is 6.96. The maximum Gasteiger partial charge on any atom is 0.186 e. The van der Waals surface area contributed by atoms with Crippen LogP contribution in [0.1, 0.15) is 12.8 Å². The molecule has 0 amide bonds. The first-order valence-corrected chi connectivity index (χ1v) is 8.86. The van der Waals surface area contributed by atoms with Crippen molar-refractivity contribution in [3.05, 3.63) is 48.3 Å². The van der Waals surface area contributed by atoms with Crippen molar-refractivity contribution < 1.29 is 9.50 Å². The molecule has 2 aromatic carbocycles. The molecule has 0 atom stereocenters. The summed E-state index contributed by atoms with van der Waals surface area (Å²) in [5.74, 6) is 0.0668. The van der Waals surface area contributed by atoms with Crippen LogP contribution in [0.3, 0.4) is 0 Å². The molecule has 2 N–H and O–H groups in total. The molecule has 0 unspecified atom stereocenters. The van der Waals surface area contributed by atoms with Crippen LogP contribution in [0.4, 0.5) is 15.2 Å². The van der Waals surface area contributed by atoms with Gasteiger partial charge in [-0.25, -0.2) is 9.37 Å². The highest BCUT2D eigenvalue weighted by molar-refractivity contribution is 7.22. The average molecular weight is 343 g/mol. The topological polar surface area (TPSA) is 48.4 Å². The van der Waals surface area contributed by atoms with Gasteiger partial charge in [0.1, 0.15) is 11.6 Å². The van der Waals surface area contributed by atoms with Gasteiger partial charge in [-0.05, 0) is 55.3 Å². The van der Waals surface area contributed by atoms with Gasteiger partial charge in [0.2, 0.25) is 0 Å². The molecule has 24 heavy (non-hydrogen) atoms. The van der Waals surface area contributed by atoms with Crippen molar-refractivity contribution in [3.63, 3.8) is 0 Å². The van der Waals surface area contributed by atoms with Gasteiger partial charge in [-0.15, -0.1) is 0 Å². The lowest BCUT2D eigenvalue weighted by Crippen LogP contribution is -2.39. The number of nitrogens with zero attached hydrogens (tertiary/aromatic N) is 2. The second-order valence-corrected chi connectivity index (χ2v) is 7.07. The van der Waals surface area contributed by atoms with E-state index >= 15 is 0 Å². The molecule has 4 rings (SSSR count). The second-order valence-electron chi connectivity index (χ2n) is 6.06. The first-order chi connectivity index (χ1) is 11.7. The highest BCUT2D eigenvalue weighted by Crippen LogP contribution is 2.32. The summed E-state index contributed by atoms with van der Waals surface area (Å²) in [5.41, 5.74) is 1.89. The minimum absolute atomic E-state index is 0.211. The third-order valence-electron chi connectivity index (χ3n) is 4.34. The van der Waals surface area contributed by atoms with Crippen molar-refractivity contribution in [2.24, 2.45) is 0 Å². The van der Waals surface area contributed by atoms with Crippen LogP contribution in [0, 0.1) is 5.82 Å². The number of hydrogen-bond acceptors (Lipinski definition) is 5. The van der Waals surface area contributed by atoms with Gasteiger partial charge in [0.05, 0.1) is 10.2 Å². The summed E-state index contributed by atoms with van der Waals surface area (Å²) in [5, 5.41) is 14.1. The molecule has 4 nitrogen and oxygen atoms in total. The standard InChI is InChI=1S/C18H18FN3OS/c19-12-1-3-13(4-2-12)20-14-7-9-22(10-8-14)18-21-16-6-5-15(23)11-17(16)24-18/h1-6,11,14,20,23H,7-10H2. The molecule has 124 valence electrons. The Morgan fingerprint density at radius 1 is 1.12 bits per heavy atom. The maximum absolute atomic E-state index is 13.0. The smallest absolute Gasteiger partial charge is 0.186 e. The van der Waals surface area contributed by atoms with Crippen LogP contribution < -0.4 is 10.2 Å². The minimum Gasteiger partial charge on any atom is -0.508 e. The number of phenols is 1. The lowest BCUT2D eigenvalue weighted by atomic mass is 10.1. The van der Waals surface area contributed by atoms with Gasteiger partial charge in [-0.1, -0.05) is 11.3 Å². The van der Waals surface area contributed by atoms with Crippen molar-refractivity contribution in [3.8, 4) is 5.75 Å². The normalized spacial score (nSPS) is 15.8. The monoisotopic (exact) mass is 343 g/mol. The lowest BCUT2D eigenvalue weighted by molar-refractivity contribution is 0.476. The highest BCUT2D eigenvalue weighted by Gasteiger charge is 2.21. The quantitative estimate of drug-likeness (QED) is 0.747. The number of fused-ring (bicyclic) bond motifs is 1. The Morgan fingerprint density at radius 2 is 1.88 bits per heavy atom. The van der Waals surface area contributed by atoms with Crippen LogP contribution in [0.5, 0.6) is 5.75 Å². The summed E-state index contributed by atoms with van der Waals surface area (Å²) >= 11 is 1.62. The molecular weight excluding hydrogens is 325 g/mol. The molecule has 1 aliphatic heterocycles. The van der Waals surface area contributed by atoms with Crippen molar-refractivity contribution in [1.29, 1.82) is 0 Å². The zero-order valence-electron chi connectivity index (χ0n) is 13.1. The summed E-state index contributed by atoms with van der Waals surface area (Å²) in [6, 6.07) is 12.2. The number of anilines is 2. The molecule has 1 aromatic heterocycles. The van der Waals surface area contributed by atoms with Gasteiger partial charge >= 0.3 is 0 Å². The van der Waals surface area contributed by atoms with Crippen molar-refractivity contribution in [1.82, 2.24) is 4.98 Å². The third kappa shape index (κ3) is 3.14. The van der Waals surface area contributed by atoms with Gasteiger partial charge in [0.25, 0.3) is 0 Å². The summed E-state index contributed by atoms with van der Waals surface area (Å²) in [7, 11) is 0. The van der Waals surface area contributed by atoms with E-state index in [0.717, 1.165) is 47.0 Å². The van der Waals surface area contributed by atoms with Gasteiger partial charge in [-0.3, -0.25) is 0 Å². The lowest BCUT2D eigenvalue weighted by Gasteiger charge is -2.32. The molecule has 2 heterocycles.